The van der Waals surface area contributed by atoms with Crippen molar-refractivity contribution in [3.05, 3.63) is 78.4 Å². The van der Waals surface area contributed by atoms with Crippen LogP contribution in [0.25, 0.3) is 16.8 Å². The van der Waals surface area contributed by atoms with Gasteiger partial charge in [-0.3, -0.25) is 0 Å². The fourth-order valence-corrected chi connectivity index (χ4v) is 2.98. The molecular formula is C21H20FN5. The number of anilines is 2. The molecule has 0 aliphatic rings. The summed E-state index contributed by atoms with van der Waals surface area (Å²) in [4.78, 5) is 6.58. The van der Waals surface area contributed by atoms with Crippen LogP contribution in [0.3, 0.4) is 0 Å². The summed E-state index contributed by atoms with van der Waals surface area (Å²) in [5.74, 6) is 0.598. The lowest BCUT2D eigenvalue weighted by Gasteiger charge is -2.13. The van der Waals surface area contributed by atoms with Crippen LogP contribution in [0.5, 0.6) is 0 Å². The van der Waals surface area contributed by atoms with Gasteiger partial charge in [-0.05, 0) is 41.5 Å². The summed E-state index contributed by atoms with van der Waals surface area (Å²) in [6.07, 6.45) is 3.60. The van der Waals surface area contributed by atoms with E-state index in [-0.39, 0.29) is 5.82 Å². The van der Waals surface area contributed by atoms with Crippen molar-refractivity contribution in [3.8, 4) is 11.1 Å². The molecule has 0 spiro atoms. The van der Waals surface area contributed by atoms with Gasteiger partial charge in [-0.2, -0.15) is 9.61 Å². The molecular weight excluding hydrogens is 341 g/mol. The van der Waals surface area contributed by atoms with Gasteiger partial charge in [0.2, 0.25) is 0 Å². The van der Waals surface area contributed by atoms with Gasteiger partial charge in [0.25, 0.3) is 0 Å². The Morgan fingerprint density at radius 1 is 1.07 bits per heavy atom. The van der Waals surface area contributed by atoms with Crippen molar-refractivity contribution in [3.63, 3.8) is 0 Å². The Morgan fingerprint density at radius 2 is 1.89 bits per heavy atom. The Hall–Kier alpha value is -3.41. The molecule has 0 fully saturated rings. The number of hydrogen-bond donors (Lipinski definition) is 1. The van der Waals surface area contributed by atoms with Crippen LogP contribution < -0.4 is 10.2 Å². The van der Waals surface area contributed by atoms with Gasteiger partial charge >= 0.3 is 0 Å². The van der Waals surface area contributed by atoms with Crippen LogP contribution in [0.4, 0.5) is 15.9 Å². The molecule has 6 heteroatoms. The summed E-state index contributed by atoms with van der Waals surface area (Å²) >= 11 is 0. The standard InChI is InChI=1S/C21H20FN5/c1-26(2)18-5-3-4-16(12-18)19-14-25-27-20(10-11-23-21(19)27)24-13-15-6-8-17(22)9-7-15/h3-12,14,24H,13H2,1-2H3. The molecule has 0 radical (unpaired) electrons. The van der Waals surface area contributed by atoms with Crippen LogP contribution in [-0.2, 0) is 6.54 Å². The molecule has 5 nitrogen and oxygen atoms in total. The van der Waals surface area contributed by atoms with E-state index in [2.05, 4.69) is 38.5 Å². The Balaban J connectivity index is 1.65. The van der Waals surface area contributed by atoms with Gasteiger partial charge in [0.1, 0.15) is 11.6 Å². The fraction of sp³-hybridized carbons (Fsp3) is 0.143. The Bertz CT molecular complexity index is 1070. The van der Waals surface area contributed by atoms with Crippen LogP contribution in [-0.4, -0.2) is 28.7 Å². The zero-order valence-electron chi connectivity index (χ0n) is 15.2. The smallest absolute Gasteiger partial charge is 0.165 e. The lowest BCUT2D eigenvalue weighted by Crippen LogP contribution is -2.08. The van der Waals surface area contributed by atoms with E-state index in [1.54, 1.807) is 22.8 Å². The maximum absolute atomic E-state index is 13.1. The van der Waals surface area contributed by atoms with Gasteiger partial charge in [0.05, 0.1) is 6.20 Å². The number of halogens is 1. The Kier molecular flexibility index (Phi) is 4.46. The highest BCUT2D eigenvalue weighted by Gasteiger charge is 2.11. The normalized spacial score (nSPS) is 10.9. The minimum absolute atomic E-state index is 0.235. The molecule has 0 aliphatic heterocycles. The maximum atomic E-state index is 13.1. The molecule has 1 N–H and O–H groups in total. The molecule has 0 atom stereocenters. The van der Waals surface area contributed by atoms with E-state index in [0.717, 1.165) is 33.8 Å². The van der Waals surface area contributed by atoms with Crippen LogP contribution in [0.15, 0.2) is 67.0 Å². The topological polar surface area (TPSA) is 45.5 Å². The molecule has 0 saturated carbocycles. The van der Waals surface area contributed by atoms with Crippen molar-refractivity contribution in [1.29, 1.82) is 0 Å². The summed E-state index contributed by atoms with van der Waals surface area (Å²) < 4.78 is 14.8. The van der Waals surface area contributed by atoms with Crippen LogP contribution >= 0.6 is 0 Å². The second-order valence-electron chi connectivity index (χ2n) is 6.55. The first-order chi connectivity index (χ1) is 13.1. The Labute approximate surface area is 157 Å². The van der Waals surface area contributed by atoms with E-state index >= 15 is 0 Å². The largest absolute Gasteiger partial charge is 0.378 e. The molecule has 136 valence electrons. The number of benzene rings is 2. The molecule has 2 heterocycles. The number of aromatic nitrogens is 3. The first kappa shape index (κ1) is 17.0. The van der Waals surface area contributed by atoms with Gasteiger partial charge in [-0.1, -0.05) is 24.3 Å². The minimum Gasteiger partial charge on any atom is -0.378 e. The third kappa shape index (κ3) is 3.46. The van der Waals surface area contributed by atoms with Crippen LogP contribution in [0.1, 0.15) is 5.56 Å². The second-order valence-corrected chi connectivity index (χ2v) is 6.55. The molecule has 0 amide bonds. The zero-order chi connectivity index (χ0) is 18.8. The number of nitrogens with zero attached hydrogens (tertiary/aromatic N) is 4. The third-order valence-corrected chi connectivity index (χ3v) is 4.46. The number of nitrogens with one attached hydrogen (secondary N) is 1. The van der Waals surface area contributed by atoms with E-state index in [1.807, 2.05) is 32.4 Å². The fourth-order valence-electron chi connectivity index (χ4n) is 2.98. The van der Waals surface area contributed by atoms with E-state index in [4.69, 9.17) is 0 Å². The summed E-state index contributed by atoms with van der Waals surface area (Å²) in [7, 11) is 4.04. The van der Waals surface area contributed by atoms with E-state index < -0.39 is 0 Å². The molecule has 4 rings (SSSR count). The number of fused-ring (bicyclic) bond motifs is 1. The molecule has 4 aromatic rings. The highest BCUT2D eigenvalue weighted by molar-refractivity contribution is 5.79. The van der Waals surface area contributed by atoms with Crippen LogP contribution in [0.2, 0.25) is 0 Å². The molecule has 2 aromatic carbocycles. The summed E-state index contributed by atoms with van der Waals surface area (Å²) in [5, 5.41) is 7.86. The van der Waals surface area contributed by atoms with Gasteiger partial charge in [-0.25, -0.2) is 9.37 Å². The van der Waals surface area contributed by atoms with Crippen molar-refractivity contribution in [2.45, 2.75) is 6.54 Å². The summed E-state index contributed by atoms with van der Waals surface area (Å²) in [6.45, 7) is 0.574. The predicted molar refractivity (Wildman–Crippen MR) is 106 cm³/mol. The number of hydrogen-bond acceptors (Lipinski definition) is 4. The molecule has 0 unspecified atom stereocenters. The number of rotatable bonds is 5. The zero-order valence-corrected chi connectivity index (χ0v) is 15.2. The first-order valence-corrected chi connectivity index (χ1v) is 8.70. The Morgan fingerprint density at radius 3 is 2.67 bits per heavy atom. The summed E-state index contributed by atoms with van der Waals surface area (Å²) in [5.41, 5.74) is 4.95. The van der Waals surface area contributed by atoms with Crippen LogP contribution in [0, 0.1) is 5.82 Å². The molecule has 0 saturated heterocycles. The average Bonchev–Trinajstić information content (AvgIpc) is 3.12. The van der Waals surface area contributed by atoms with Gasteiger partial charge in [0, 0.05) is 38.1 Å². The van der Waals surface area contributed by atoms with Crippen molar-refractivity contribution < 1.29 is 4.39 Å². The molecule has 0 aliphatic carbocycles. The van der Waals surface area contributed by atoms with E-state index in [9.17, 15) is 4.39 Å². The van der Waals surface area contributed by atoms with E-state index in [0.29, 0.717) is 6.54 Å². The van der Waals surface area contributed by atoms with Crippen molar-refractivity contribution in [2.24, 2.45) is 0 Å². The SMILES string of the molecule is CN(C)c1cccc(-c2cnn3c(NCc4ccc(F)cc4)ccnc23)c1. The van der Waals surface area contributed by atoms with Crippen molar-refractivity contribution in [1.82, 2.24) is 14.6 Å². The molecule has 0 bridgehead atoms. The van der Waals surface area contributed by atoms with Crippen molar-refractivity contribution >= 4 is 17.2 Å². The van der Waals surface area contributed by atoms with E-state index in [1.165, 1.54) is 12.1 Å². The van der Waals surface area contributed by atoms with Gasteiger partial charge in [0.15, 0.2) is 5.65 Å². The predicted octanol–water partition coefficient (Wildman–Crippen LogP) is 4.21. The summed E-state index contributed by atoms with van der Waals surface area (Å²) in [6, 6.07) is 16.6. The average molecular weight is 361 g/mol. The quantitative estimate of drug-likeness (QED) is 0.578. The lowest BCUT2D eigenvalue weighted by molar-refractivity contribution is 0.627. The van der Waals surface area contributed by atoms with Gasteiger partial charge in [-0.15, -0.1) is 0 Å². The minimum atomic E-state index is -0.235. The maximum Gasteiger partial charge on any atom is 0.165 e. The monoisotopic (exact) mass is 361 g/mol. The second kappa shape index (κ2) is 7.07. The molecule has 27 heavy (non-hydrogen) atoms. The van der Waals surface area contributed by atoms with Gasteiger partial charge < -0.3 is 10.2 Å². The first-order valence-electron chi connectivity index (χ1n) is 8.70. The highest BCUT2D eigenvalue weighted by atomic mass is 19.1. The highest BCUT2D eigenvalue weighted by Crippen LogP contribution is 2.27. The molecule has 2 aromatic heterocycles. The van der Waals surface area contributed by atoms with Crippen molar-refractivity contribution in [2.75, 3.05) is 24.3 Å². The lowest BCUT2D eigenvalue weighted by atomic mass is 10.1. The third-order valence-electron chi connectivity index (χ3n) is 4.46.